The lowest BCUT2D eigenvalue weighted by atomic mass is 10.2. The summed E-state index contributed by atoms with van der Waals surface area (Å²) in [5.41, 5.74) is 0.509. The third kappa shape index (κ3) is 3.79. The maximum atomic E-state index is 11.5. The lowest BCUT2D eigenvalue weighted by Crippen LogP contribution is -2.30. The number of nitro benzene ring substituents is 1. The molecule has 17 heavy (non-hydrogen) atoms. The number of hydrogen-bond acceptors (Lipinski definition) is 4. The molecular weight excluding hydrogens is 244 g/mol. The second-order valence-electron chi connectivity index (χ2n) is 3.84. The number of nitrogens with one attached hydrogen (secondary N) is 1. The number of nitrogens with zero attached hydrogens (tertiary/aromatic N) is 1. The van der Waals surface area contributed by atoms with Crippen LogP contribution in [0.15, 0.2) is 24.3 Å². The van der Waals surface area contributed by atoms with E-state index >= 15 is 0 Å². The summed E-state index contributed by atoms with van der Waals surface area (Å²) in [5, 5.41) is 10.0. The average Bonchev–Trinajstić information content (AvgIpc) is 2.26. The second-order valence-corrected chi connectivity index (χ2v) is 6.16. The molecule has 1 aromatic carbocycles. The Morgan fingerprint density at radius 2 is 2.06 bits per heavy atom. The van der Waals surface area contributed by atoms with Crippen LogP contribution in [0.2, 0.25) is 0 Å². The average molecular weight is 258 g/mol. The van der Waals surface area contributed by atoms with Crippen molar-refractivity contribution < 1.29 is 13.3 Å². The first kappa shape index (κ1) is 13.6. The minimum atomic E-state index is -3.35. The molecule has 0 unspecified atom stereocenters. The van der Waals surface area contributed by atoms with E-state index in [1.165, 1.54) is 18.2 Å². The highest BCUT2D eigenvalue weighted by Gasteiger charge is 2.15. The fraction of sp³-hybridized carbons (Fsp3) is 0.400. The normalized spacial score (nSPS) is 11.7. The Bertz CT molecular complexity index is 511. The summed E-state index contributed by atoms with van der Waals surface area (Å²) in [6, 6.07) is 5.87. The van der Waals surface area contributed by atoms with Gasteiger partial charge in [-0.05, 0) is 19.4 Å². The largest absolute Gasteiger partial charge is 0.269 e. The van der Waals surface area contributed by atoms with Gasteiger partial charge in [0, 0.05) is 18.7 Å². The summed E-state index contributed by atoms with van der Waals surface area (Å²) in [7, 11) is -3.35. The molecule has 0 amide bonds. The molecule has 0 aliphatic heterocycles. The van der Waals surface area contributed by atoms with Crippen molar-refractivity contribution in [3.8, 4) is 0 Å². The molecule has 0 aromatic heterocycles. The number of non-ortho nitro benzene ring substituents is 1. The predicted octanol–water partition coefficient (Wildman–Crippen LogP) is 1.42. The molecule has 94 valence electrons. The SMILES string of the molecule is CC(C)S(=O)(=O)NCc1cccc([N+](=O)[O-])c1. The molecule has 1 rings (SSSR count). The van der Waals surface area contributed by atoms with Gasteiger partial charge in [0.1, 0.15) is 0 Å². The molecule has 6 nitrogen and oxygen atoms in total. The lowest BCUT2D eigenvalue weighted by molar-refractivity contribution is -0.384. The van der Waals surface area contributed by atoms with Gasteiger partial charge in [0.2, 0.25) is 10.0 Å². The summed E-state index contributed by atoms with van der Waals surface area (Å²) in [4.78, 5) is 10.0. The van der Waals surface area contributed by atoms with E-state index in [0.29, 0.717) is 5.56 Å². The Morgan fingerprint density at radius 1 is 1.41 bits per heavy atom. The Labute approximate surface area is 99.9 Å². The lowest BCUT2D eigenvalue weighted by Gasteiger charge is -2.09. The number of benzene rings is 1. The van der Waals surface area contributed by atoms with E-state index in [9.17, 15) is 18.5 Å². The van der Waals surface area contributed by atoms with Crippen molar-refractivity contribution in [2.24, 2.45) is 0 Å². The van der Waals surface area contributed by atoms with Crippen molar-refractivity contribution in [1.29, 1.82) is 0 Å². The minimum Gasteiger partial charge on any atom is -0.258 e. The Kier molecular flexibility index (Phi) is 4.19. The molecule has 0 saturated heterocycles. The third-order valence-electron chi connectivity index (χ3n) is 2.22. The monoisotopic (exact) mass is 258 g/mol. The first-order chi connectivity index (χ1) is 7.83. The van der Waals surface area contributed by atoms with Crippen LogP contribution in [0.1, 0.15) is 19.4 Å². The molecule has 7 heteroatoms. The van der Waals surface area contributed by atoms with E-state index in [4.69, 9.17) is 0 Å². The van der Waals surface area contributed by atoms with E-state index in [0.717, 1.165) is 0 Å². The standard InChI is InChI=1S/C10H14N2O4S/c1-8(2)17(15,16)11-7-9-4-3-5-10(6-9)12(13)14/h3-6,8,11H,7H2,1-2H3. The molecule has 0 aliphatic rings. The maximum Gasteiger partial charge on any atom is 0.269 e. The molecule has 1 aromatic rings. The van der Waals surface area contributed by atoms with Crippen molar-refractivity contribution >= 4 is 15.7 Å². The second kappa shape index (κ2) is 5.24. The Balaban J connectivity index is 2.77. The van der Waals surface area contributed by atoms with Gasteiger partial charge in [-0.25, -0.2) is 13.1 Å². The van der Waals surface area contributed by atoms with Gasteiger partial charge in [-0.1, -0.05) is 12.1 Å². The molecule has 0 radical (unpaired) electrons. The van der Waals surface area contributed by atoms with Crippen LogP contribution in [-0.4, -0.2) is 18.6 Å². The summed E-state index contributed by atoms with van der Waals surface area (Å²) >= 11 is 0. The van der Waals surface area contributed by atoms with Gasteiger partial charge in [0.15, 0.2) is 0 Å². The van der Waals surface area contributed by atoms with Crippen LogP contribution in [0.3, 0.4) is 0 Å². The van der Waals surface area contributed by atoms with Crippen molar-refractivity contribution in [1.82, 2.24) is 4.72 Å². The van der Waals surface area contributed by atoms with Crippen LogP contribution in [0.4, 0.5) is 5.69 Å². The third-order valence-corrected chi connectivity index (χ3v) is 4.01. The molecule has 0 saturated carbocycles. The summed E-state index contributed by atoms with van der Waals surface area (Å²) < 4.78 is 25.3. The number of hydrogen-bond donors (Lipinski definition) is 1. The molecule has 0 fully saturated rings. The van der Waals surface area contributed by atoms with Crippen LogP contribution in [0.25, 0.3) is 0 Å². The van der Waals surface area contributed by atoms with E-state index < -0.39 is 20.2 Å². The van der Waals surface area contributed by atoms with Gasteiger partial charge >= 0.3 is 0 Å². The smallest absolute Gasteiger partial charge is 0.258 e. The van der Waals surface area contributed by atoms with E-state index in [-0.39, 0.29) is 12.2 Å². The van der Waals surface area contributed by atoms with Crippen LogP contribution in [0, 0.1) is 10.1 Å². The van der Waals surface area contributed by atoms with Crippen LogP contribution >= 0.6 is 0 Å². The van der Waals surface area contributed by atoms with Crippen LogP contribution in [0.5, 0.6) is 0 Å². The zero-order valence-electron chi connectivity index (χ0n) is 9.58. The Hall–Kier alpha value is -1.47. The molecule has 0 heterocycles. The van der Waals surface area contributed by atoms with Crippen molar-refractivity contribution in [3.63, 3.8) is 0 Å². The number of nitro groups is 1. The van der Waals surface area contributed by atoms with Crippen molar-refractivity contribution in [2.45, 2.75) is 25.6 Å². The summed E-state index contributed by atoms with van der Waals surface area (Å²) in [5.74, 6) is 0. The number of rotatable bonds is 5. The van der Waals surface area contributed by atoms with Crippen LogP contribution in [-0.2, 0) is 16.6 Å². The maximum absolute atomic E-state index is 11.5. The van der Waals surface area contributed by atoms with Gasteiger partial charge in [-0.15, -0.1) is 0 Å². The molecule has 1 N–H and O–H groups in total. The molecule has 0 bridgehead atoms. The van der Waals surface area contributed by atoms with E-state index in [1.54, 1.807) is 19.9 Å². The summed E-state index contributed by atoms with van der Waals surface area (Å²) in [6.07, 6.45) is 0. The molecule has 0 aliphatic carbocycles. The molecule has 0 atom stereocenters. The molecular formula is C10H14N2O4S. The van der Waals surface area contributed by atoms with E-state index in [2.05, 4.69) is 4.72 Å². The van der Waals surface area contributed by atoms with Crippen LogP contribution < -0.4 is 4.72 Å². The first-order valence-electron chi connectivity index (χ1n) is 5.05. The quantitative estimate of drug-likeness (QED) is 0.639. The van der Waals surface area contributed by atoms with Crippen molar-refractivity contribution in [3.05, 3.63) is 39.9 Å². The zero-order chi connectivity index (χ0) is 13.1. The predicted molar refractivity (Wildman–Crippen MR) is 64.0 cm³/mol. The van der Waals surface area contributed by atoms with Gasteiger partial charge in [0.05, 0.1) is 10.2 Å². The highest BCUT2D eigenvalue weighted by Crippen LogP contribution is 2.13. The Morgan fingerprint density at radius 3 is 2.59 bits per heavy atom. The van der Waals surface area contributed by atoms with Gasteiger partial charge in [-0.3, -0.25) is 10.1 Å². The zero-order valence-corrected chi connectivity index (χ0v) is 10.4. The van der Waals surface area contributed by atoms with E-state index in [1.807, 2.05) is 0 Å². The van der Waals surface area contributed by atoms with Gasteiger partial charge in [-0.2, -0.15) is 0 Å². The highest BCUT2D eigenvalue weighted by molar-refractivity contribution is 7.90. The topological polar surface area (TPSA) is 89.3 Å². The molecule has 0 spiro atoms. The van der Waals surface area contributed by atoms with Gasteiger partial charge < -0.3 is 0 Å². The van der Waals surface area contributed by atoms with Crippen molar-refractivity contribution in [2.75, 3.05) is 0 Å². The summed E-state index contributed by atoms with van der Waals surface area (Å²) in [6.45, 7) is 3.19. The van der Waals surface area contributed by atoms with Gasteiger partial charge in [0.25, 0.3) is 5.69 Å². The highest BCUT2D eigenvalue weighted by atomic mass is 32.2. The first-order valence-corrected chi connectivity index (χ1v) is 6.59. The number of sulfonamides is 1. The minimum absolute atomic E-state index is 0.0498. The fourth-order valence-corrected chi connectivity index (χ4v) is 1.83. The fourth-order valence-electron chi connectivity index (χ4n) is 1.13.